The average molecular weight is 205 g/mol. The summed E-state index contributed by atoms with van der Waals surface area (Å²) in [5.74, 6) is 0.275. The van der Waals surface area contributed by atoms with Gasteiger partial charge in [-0.25, -0.2) is 9.97 Å². The van der Waals surface area contributed by atoms with Crippen molar-refractivity contribution in [3.63, 3.8) is 0 Å². The van der Waals surface area contributed by atoms with Gasteiger partial charge in [0.15, 0.2) is 5.78 Å². The Morgan fingerprint density at radius 2 is 2.13 bits per heavy atom. The lowest BCUT2D eigenvalue weighted by molar-refractivity contribution is 0.101. The Kier molecular flexibility index (Phi) is 2.15. The SMILES string of the molecule is COc1nc(C(C)=O)cn2cc(C)nc12. The van der Waals surface area contributed by atoms with Crippen molar-refractivity contribution in [2.24, 2.45) is 0 Å². The second kappa shape index (κ2) is 3.34. The summed E-state index contributed by atoms with van der Waals surface area (Å²) in [6.07, 6.45) is 3.48. The van der Waals surface area contributed by atoms with Crippen LogP contribution in [0.3, 0.4) is 0 Å². The second-order valence-corrected chi connectivity index (χ2v) is 3.30. The van der Waals surface area contributed by atoms with E-state index in [-0.39, 0.29) is 5.78 Å². The zero-order valence-electron chi connectivity index (χ0n) is 8.81. The molecule has 0 fully saturated rings. The maximum Gasteiger partial charge on any atom is 0.258 e. The minimum atomic E-state index is -0.0958. The van der Waals surface area contributed by atoms with Crippen LogP contribution >= 0.6 is 0 Å². The molecule has 5 heteroatoms. The summed E-state index contributed by atoms with van der Waals surface area (Å²) in [6.45, 7) is 3.34. The molecule has 15 heavy (non-hydrogen) atoms. The van der Waals surface area contributed by atoms with Gasteiger partial charge in [0, 0.05) is 19.3 Å². The predicted molar refractivity (Wildman–Crippen MR) is 54.3 cm³/mol. The molecule has 2 aromatic rings. The zero-order valence-corrected chi connectivity index (χ0v) is 8.81. The molecule has 2 rings (SSSR count). The number of nitrogens with zero attached hydrogens (tertiary/aromatic N) is 3. The Labute approximate surface area is 86.7 Å². The number of hydrogen-bond acceptors (Lipinski definition) is 4. The van der Waals surface area contributed by atoms with E-state index < -0.39 is 0 Å². The molecule has 2 heterocycles. The first-order valence-corrected chi connectivity index (χ1v) is 4.53. The van der Waals surface area contributed by atoms with E-state index in [0.29, 0.717) is 17.2 Å². The smallest absolute Gasteiger partial charge is 0.258 e. The summed E-state index contributed by atoms with van der Waals surface area (Å²) < 4.78 is 6.83. The number of imidazole rings is 1. The highest BCUT2D eigenvalue weighted by Crippen LogP contribution is 2.17. The molecule has 0 aromatic carbocycles. The third kappa shape index (κ3) is 1.56. The third-order valence-electron chi connectivity index (χ3n) is 2.08. The van der Waals surface area contributed by atoms with Crippen LogP contribution in [0.5, 0.6) is 5.88 Å². The van der Waals surface area contributed by atoms with Crippen molar-refractivity contribution in [2.75, 3.05) is 7.11 Å². The lowest BCUT2D eigenvalue weighted by atomic mass is 10.3. The van der Waals surface area contributed by atoms with Gasteiger partial charge >= 0.3 is 0 Å². The Hall–Kier alpha value is -1.91. The molecule has 0 aliphatic carbocycles. The minimum Gasteiger partial charge on any atom is -0.478 e. The van der Waals surface area contributed by atoms with E-state index in [1.807, 2.05) is 13.1 Å². The standard InChI is InChI=1S/C10H11N3O2/c1-6-4-13-5-8(7(2)14)12-10(15-3)9(13)11-6/h4-5H,1-3H3. The maximum atomic E-state index is 11.2. The van der Waals surface area contributed by atoms with E-state index in [9.17, 15) is 4.79 Å². The molecule has 0 aliphatic heterocycles. The van der Waals surface area contributed by atoms with E-state index in [2.05, 4.69) is 9.97 Å². The Bertz CT molecular complexity index is 531. The maximum absolute atomic E-state index is 11.2. The number of carbonyl (C=O) groups is 1. The molecule has 0 radical (unpaired) electrons. The molecule has 0 spiro atoms. The summed E-state index contributed by atoms with van der Waals surface area (Å²) in [5.41, 5.74) is 1.85. The average Bonchev–Trinajstić information content (AvgIpc) is 2.56. The molecule has 0 saturated heterocycles. The topological polar surface area (TPSA) is 56.5 Å². The normalized spacial score (nSPS) is 10.6. The van der Waals surface area contributed by atoms with Crippen LogP contribution in [0.15, 0.2) is 12.4 Å². The Morgan fingerprint density at radius 1 is 1.40 bits per heavy atom. The van der Waals surface area contributed by atoms with Crippen LogP contribution in [0.4, 0.5) is 0 Å². The van der Waals surface area contributed by atoms with Gasteiger partial charge < -0.3 is 9.14 Å². The summed E-state index contributed by atoms with van der Waals surface area (Å²) in [4.78, 5) is 19.5. The predicted octanol–water partition coefficient (Wildman–Crippen LogP) is 1.25. The zero-order chi connectivity index (χ0) is 11.0. The summed E-state index contributed by atoms with van der Waals surface area (Å²) in [6, 6.07) is 0. The Morgan fingerprint density at radius 3 is 2.73 bits per heavy atom. The number of Topliss-reactive ketones (excluding diaryl/α,β-unsaturated/α-hetero) is 1. The van der Waals surface area contributed by atoms with Gasteiger partial charge in [-0.05, 0) is 6.92 Å². The highest BCUT2D eigenvalue weighted by atomic mass is 16.5. The van der Waals surface area contributed by atoms with Gasteiger partial charge in [-0.2, -0.15) is 0 Å². The van der Waals surface area contributed by atoms with Crippen LogP contribution in [0.25, 0.3) is 5.65 Å². The minimum absolute atomic E-state index is 0.0958. The molecule has 78 valence electrons. The van der Waals surface area contributed by atoms with Crippen LogP contribution in [0.2, 0.25) is 0 Å². The second-order valence-electron chi connectivity index (χ2n) is 3.30. The van der Waals surface area contributed by atoms with E-state index in [1.165, 1.54) is 14.0 Å². The third-order valence-corrected chi connectivity index (χ3v) is 2.08. The van der Waals surface area contributed by atoms with E-state index in [1.54, 1.807) is 10.6 Å². The van der Waals surface area contributed by atoms with Gasteiger partial charge in [0.1, 0.15) is 5.69 Å². The van der Waals surface area contributed by atoms with Crippen molar-refractivity contribution in [3.8, 4) is 5.88 Å². The molecule has 5 nitrogen and oxygen atoms in total. The molecule has 0 aliphatic rings. The van der Waals surface area contributed by atoms with Crippen LogP contribution in [-0.2, 0) is 0 Å². The molecule has 0 unspecified atom stereocenters. The summed E-state index contributed by atoms with van der Waals surface area (Å²) >= 11 is 0. The molecular formula is C10H11N3O2. The molecule has 2 aromatic heterocycles. The monoisotopic (exact) mass is 205 g/mol. The number of carbonyl (C=O) groups excluding carboxylic acids is 1. The Balaban J connectivity index is 2.76. The van der Waals surface area contributed by atoms with Crippen molar-refractivity contribution < 1.29 is 9.53 Å². The van der Waals surface area contributed by atoms with Gasteiger partial charge in [0.2, 0.25) is 5.65 Å². The van der Waals surface area contributed by atoms with Crippen LogP contribution in [0, 0.1) is 6.92 Å². The van der Waals surface area contributed by atoms with E-state index in [4.69, 9.17) is 4.74 Å². The quantitative estimate of drug-likeness (QED) is 0.692. The molecule has 0 saturated carbocycles. The van der Waals surface area contributed by atoms with Crippen molar-refractivity contribution in [2.45, 2.75) is 13.8 Å². The molecule has 0 atom stereocenters. The lowest BCUT2D eigenvalue weighted by Gasteiger charge is -2.03. The van der Waals surface area contributed by atoms with Crippen molar-refractivity contribution in [1.29, 1.82) is 0 Å². The highest BCUT2D eigenvalue weighted by molar-refractivity contribution is 5.92. The number of ketones is 1. The fourth-order valence-electron chi connectivity index (χ4n) is 1.40. The number of rotatable bonds is 2. The van der Waals surface area contributed by atoms with Gasteiger partial charge in [0.25, 0.3) is 5.88 Å². The largest absolute Gasteiger partial charge is 0.478 e. The summed E-state index contributed by atoms with van der Waals surface area (Å²) in [5, 5.41) is 0. The van der Waals surface area contributed by atoms with Crippen LogP contribution in [0.1, 0.15) is 23.1 Å². The molecular weight excluding hydrogens is 194 g/mol. The number of hydrogen-bond donors (Lipinski definition) is 0. The molecule has 0 bridgehead atoms. The van der Waals surface area contributed by atoms with Gasteiger partial charge in [-0.1, -0.05) is 0 Å². The van der Waals surface area contributed by atoms with Crippen LogP contribution < -0.4 is 4.74 Å². The van der Waals surface area contributed by atoms with Crippen molar-refractivity contribution in [1.82, 2.24) is 14.4 Å². The number of fused-ring (bicyclic) bond motifs is 1. The first-order valence-electron chi connectivity index (χ1n) is 4.53. The van der Waals surface area contributed by atoms with Gasteiger partial charge in [-0.15, -0.1) is 0 Å². The van der Waals surface area contributed by atoms with Crippen molar-refractivity contribution in [3.05, 3.63) is 23.8 Å². The number of ether oxygens (including phenoxy) is 1. The number of aryl methyl sites for hydroxylation is 1. The lowest BCUT2D eigenvalue weighted by Crippen LogP contribution is -2.02. The first kappa shape index (κ1) is 9.64. The fourth-order valence-corrected chi connectivity index (χ4v) is 1.40. The molecule has 0 N–H and O–H groups in total. The number of aromatic nitrogens is 3. The van der Waals surface area contributed by atoms with Gasteiger partial charge in [0.05, 0.1) is 12.8 Å². The van der Waals surface area contributed by atoms with Crippen LogP contribution in [-0.4, -0.2) is 27.3 Å². The first-order chi connectivity index (χ1) is 7.11. The fraction of sp³-hybridized carbons (Fsp3) is 0.300. The van der Waals surface area contributed by atoms with E-state index >= 15 is 0 Å². The highest BCUT2D eigenvalue weighted by Gasteiger charge is 2.11. The summed E-state index contributed by atoms with van der Waals surface area (Å²) in [7, 11) is 1.51. The van der Waals surface area contributed by atoms with Gasteiger partial charge in [-0.3, -0.25) is 4.79 Å². The number of methoxy groups -OCH3 is 1. The van der Waals surface area contributed by atoms with Crippen molar-refractivity contribution >= 4 is 11.4 Å². The van der Waals surface area contributed by atoms with E-state index in [0.717, 1.165) is 5.69 Å². The molecule has 0 amide bonds.